The third kappa shape index (κ3) is 3.53. The monoisotopic (exact) mass is 304 g/mol. The summed E-state index contributed by atoms with van der Waals surface area (Å²) in [6.45, 7) is 6.32. The van der Waals surface area contributed by atoms with Crippen LogP contribution in [0.15, 0.2) is 30.3 Å². The number of hydrogen-bond acceptors (Lipinski definition) is 2. The zero-order valence-electron chi connectivity index (χ0n) is 12.7. The van der Waals surface area contributed by atoms with Gasteiger partial charge in [0.1, 0.15) is 5.69 Å². The van der Waals surface area contributed by atoms with Crippen molar-refractivity contribution in [1.82, 2.24) is 10.3 Å². The molecule has 1 amide bonds. The van der Waals surface area contributed by atoms with Gasteiger partial charge in [0.2, 0.25) is 0 Å². The second kappa shape index (κ2) is 6.90. The second-order valence-corrected chi connectivity index (χ2v) is 5.75. The van der Waals surface area contributed by atoms with Crippen molar-refractivity contribution in [3.8, 4) is 0 Å². The topological polar surface area (TPSA) is 42.0 Å². The van der Waals surface area contributed by atoms with E-state index in [9.17, 15) is 4.79 Å². The molecule has 112 valence electrons. The Labute approximate surface area is 130 Å². The molecule has 1 heterocycles. The van der Waals surface area contributed by atoms with Gasteiger partial charge in [-0.1, -0.05) is 56.5 Å². The van der Waals surface area contributed by atoms with Crippen LogP contribution in [0.2, 0.25) is 5.02 Å². The van der Waals surface area contributed by atoms with Crippen molar-refractivity contribution < 1.29 is 4.79 Å². The van der Waals surface area contributed by atoms with Gasteiger partial charge in [0.15, 0.2) is 0 Å². The summed E-state index contributed by atoms with van der Waals surface area (Å²) in [5, 5.41) is 4.45. The third-order valence-electron chi connectivity index (χ3n) is 4.01. The lowest BCUT2D eigenvalue weighted by molar-refractivity contribution is 0.0920. The minimum Gasteiger partial charge on any atom is -0.348 e. The third-order valence-corrected chi connectivity index (χ3v) is 4.33. The summed E-state index contributed by atoms with van der Waals surface area (Å²) in [4.78, 5) is 16.8. The molecule has 3 nitrogen and oxygen atoms in total. The Bertz CT molecular complexity index is 638. The number of rotatable bonds is 5. The minimum atomic E-state index is -0.165. The first-order valence-corrected chi connectivity index (χ1v) is 7.80. The Morgan fingerprint density at radius 1 is 1.29 bits per heavy atom. The number of pyridine rings is 1. The fraction of sp³-hybridized carbons (Fsp3) is 0.412. The molecule has 0 fully saturated rings. The number of benzene rings is 1. The normalized spacial score (nSPS) is 12.6. The molecule has 2 aromatic rings. The van der Waals surface area contributed by atoms with Crippen molar-refractivity contribution in [3.05, 3.63) is 41.0 Å². The van der Waals surface area contributed by atoms with Crippen LogP contribution in [-0.2, 0) is 0 Å². The van der Waals surface area contributed by atoms with Crippen LogP contribution < -0.4 is 5.32 Å². The van der Waals surface area contributed by atoms with E-state index in [1.807, 2.05) is 31.2 Å². The van der Waals surface area contributed by atoms with Gasteiger partial charge in [-0.25, -0.2) is 4.98 Å². The minimum absolute atomic E-state index is 0.125. The molecule has 0 aliphatic heterocycles. The van der Waals surface area contributed by atoms with E-state index in [0.29, 0.717) is 16.6 Å². The van der Waals surface area contributed by atoms with E-state index < -0.39 is 0 Å². The number of nitrogens with one attached hydrogen (secondary N) is 1. The van der Waals surface area contributed by atoms with Gasteiger partial charge in [0, 0.05) is 11.4 Å². The van der Waals surface area contributed by atoms with Crippen LogP contribution in [0.25, 0.3) is 10.9 Å². The maximum atomic E-state index is 12.4. The number of amides is 1. The molecule has 1 unspecified atom stereocenters. The van der Waals surface area contributed by atoms with Gasteiger partial charge in [-0.05, 0) is 25.0 Å². The number of fused-ring (bicyclic) bond motifs is 1. The summed E-state index contributed by atoms with van der Waals surface area (Å²) in [5.74, 6) is 0.312. The lowest BCUT2D eigenvalue weighted by Crippen LogP contribution is -2.38. The highest BCUT2D eigenvalue weighted by molar-refractivity contribution is 6.35. The van der Waals surface area contributed by atoms with Crippen molar-refractivity contribution in [2.24, 2.45) is 5.92 Å². The summed E-state index contributed by atoms with van der Waals surface area (Å²) >= 11 is 6.24. The molecule has 1 atom stereocenters. The fourth-order valence-electron chi connectivity index (χ4n) is 2.64. The summed E-state index contributed by atoms with van der Waals surface area (Å²) in [7, 11) is 0. The number of para-hydroxylation sites is 1. The summed E-state index contributed by atoms with van der Waals surface area (Å²) in [5.41, 5.74) is 1.11. The van der Waals surface area contributed by atoms with Crippen LogP contribution in [0.1, 0.15) is 44.1 Å². The number of nitrogens with zero attached hydrogens (tertiary/aromatic N) is 1. The standard InChI is InChI=1S/C17H21ClN2O/c1-4-12(5-2)11(3)19-17(21)16-10-14(18)13-8-6-7-9-15(13)20-16/h6-12H,4-5H2,1-3H3,(H,19,21). The second-order valence-electron chi connectivity index (χ2n) is 5.35. The quantitative estimate of drug-likeness (QED) is 0.887. The molecule has 1 N–H and O–H groups in total. The van der Waals surface area contributed by atoms with Gasteiger partial charge in [-0.3, -0.25) is 4.79 Å². The molecule has 0 spiro atoms. The van der Waals surface area contributed by atoms with E-state index in [-0.39, 0.29) is 11.9 Å². The maximum absolute atomic E-state index is 12.4. The van der Waals surface area contributed by atoms with E-state index in [2.05, 4.69) is 24.1 Å². The Kier molecular flexibility index (Phi) is 5.18. The van der Waals surface area contributed by atoms with Gasteiger partial charge in [0.05, 0.1) is 10.5 Å². The first-order chi connectivity index (χ1) is 10.1. The van der Waals surface area contributed by atoms with Crippen LogP contribution in [0.5, 0.6) is 0 Å². The van der Waals surface area contributed by atoms with E-state index in [1.54, 1.807) is 6.07 Å². The van der Waals surface area contributed by atoms with Crippen LogP contribution in [-0.4, -0.2) is 16.9 Å². The lowest BCUT2D eigenvalue weighted by atomic mass is 9.95. The molecule has 21 heavy (non-hydrogen) atoms. The van der Waals surface area contributed by atoms with Crippen molar-refractivity contribution in [2.75, 3.05) is 0 Å². The molecule has 0 aliphatic rings. The average Bonchev–Trinajstić information content (AvgIpc) is 2.48. The molecular weight excluding hydrogens is 284 g/mol. The molecule has 4 heteroatoms. The summed E-state index contributed by atoms with van der Waals surface area (Å²) in [6, 6.07) is 9.32. The van der Waals surface area contributed by atoms with Crippen LogP contribution in [0, 0.1) is 5.92 Å². The predicted octanol–water partition coefficient (Wildman–Crippen LogP) is 4.44. The van der Waals surface area contributed by atoms with Crippen LogP contribution in [0.4, 0.5) is 0 Å². The number of halogens is 1. The molecule has 1 aromatic carbocycles. The molecule has 2 rings (SSSR count). The smallest absolute Gasteiger partial charge is 0.270 e. The van der Waals surface area contributed by atoms with Gasteiger partial charge >= 0.3 is 0 Å². The van der Waals surface area contributed by atoms with Gasteiger partial charge in [-0.2, -0.15) is 0 Å². The molecule has 0 saturated carbocycles. The van der Waals surface area contributed by atoms with Crippen molar-refractivity contribution in [2.45, 2.75) is 39.7 Å². The largest absolute Gasteiger partial charge is 0.348 e. The lowest BCUT2D eigenvalue weighted by Gasteiger charge is -2.22. The van der Waals surface area contributed by atoms with Gasteiger partial charge < -0.3 is 5.32 Å². The molecule has 0 aliphatic carbocycles. The van der Waals surface area contributed by atoms with Gasteiger partial charge in [-0.15, -0.1) is 0 Å². The Morgan fingerprint density at radius 2 is 1.95 bits per heavy atom. The number of hydrogen-bond donors (Lipinski definition) is 1. The van der Waals surface area contributed by atoms with E-state index >= 15 is 0 Å². The first kappa shape index (κ1) is 15.8. The predicted molar refractivity (Wildman–Crippen MR) is 87.8 cm³/mol. The van der Waals surface area contributed by atoms with Crippen LogP contribution >= 0.6 is 11.6 Å². The average molecular weight is 305 g/mol. The molecule has 0 saturated heterocycles. The molecule has 0 radical (unpaired) electrons. The number of aromatic nitrogens is 1. The Morgan fingerprint density at radius 3 is 2.62 bits per heavy atom. The van der Waals surface area contributed by atoms with Crippen molar-refractivity contribution >= 4 is 28.4 Å². The first-order valence-electron chi connectivity index (χ1n) is 7.43. The van der Waals surface area contributed by atoms with E-state index in [4.69, 9.17) is 11.6 Å². The SMILES string of the molecule is CCC(CC)C(C)NC(=O)c1cc(Cl)c2ccccc2n1. The highest BCUT2D eigenvalue weighted by Crippen LogP contribution is 2.23. The van der Waals surface area contributed by atoms with Crippen molar-refractivity contribution in [1.29, 1.82) is 0 Å². The fourth-order valence-corrected chi connectivity index (χ4v) is 2.91. The molecule has 0 bridgehead atoms. The maximum Gasteiger partial charge on any atom is 0.270 e. The van der Waals surface area contributed by atoms with E-state index in [0.717, 1.165) is 23.7 Å². The van der Waals surface area contributed by atoms with E-state index in [1.165, 1.54) is 0 Å². The summed E-state index contributed by atoms with van der Waals surface area (Å²) in [6.07, 6.45) is 2.09. The number of carbonyl (C=O) groups excluding carboxylic acids is 1. The number of carbonyl (C=O) groups is 1. The highest BCUT2D eigenvalue weighted by atomic mass is 35.5. The molecule has 1 aromatic heterocycles. The Hall–Kier alpha value is -1.61. The van der Waals surface area contributed by atoms with Crippen molar-refractivity contribution in [3.63, 3.8) is 0 Å². The molecular formula is C17H21ClN2O. The zero-order valence-corrected chi connectivity index (χ0v) is 13.4. The highest BCUT2D eigenvalue weighted by Gasteiger charge is 2.18. The van der Waals surface area contributed by atoms with Gasteiger partial charge in [0.25, 0.3) is 5.91 Å². The Balaban J connectivity index is 2.23. The zero-order chi connectivity index (χ0) is 15.4. The van der Waals surface area contributed by atoms with Crippen LogP contribution in [0.3, 0.4) is 0 Å². The summed E-state index contributed by atoms with van der Waals surface area (Å²) < 4.78 is 0.